The Bertz CT molecular complexity index is 1010. The molecule has 0 radical (unpaired) electrons. The van der Waals surface area contributed by atoms with Crippen molar-refractivity contribution in [1.82, 2.24) is 5.01 Å². The lowest BCUT2D eigenvalue weighted by Gasteiger charge is -2.23. The molecule has 1 N–H and O–H groups in total. The van der Waals surface area contributed by atoms with Crippen molar-refractivity contribution in [3.05, 3.63) is 65.2 Å². The Morgan fingerprint density at radius 3 is 2.46 bits per heavy atom. The standard InChI is InChI=1S/C21H25N3O3S/c1-14(2)21(25)24-20(16-10-8-15(3)9-11-16)13-19(22-24)17-6-5-7-18(12-17)23-28(4,26)27/h5-12,14,20,23H,13H2,1-4H3/t20-/m0/s1. The van der Waals surface area contributed by atoms with Crippen molar-refractivity contribution in [2.75, 3.05) is 11.0 Å². The third-order valence-corrected chi connectivity index (χ3v) is 5.20. The Balaban J connectivity index is 1.96. The number of hydrazone groups is 1. The summed E-state index contributed by atoms with van der Waals surface area (Å²) in [6.07, 6.45) is 1.69. The smallest absolute Gasteiger partial charge is 0.245 e. The van der Waals surface area contributed by atoms with Crippen molar-refractivity contribution in [2.24, 2.45) is 11.0 Å². The Hall–Kier alpha value is -2.67. The van der Waals surface area contributed by atoms with Gasteiger partial charge in [0.15, 0.2) is 0 Å². The molecule has 2 aromatic rings. The molecule has 148 valence electrons. The van der Waals surface area contributed by atoms with Crippen LogP contribution in [0.5, 0.6) is 0 Å². The van der Waals surface area contributed by atoms with E-state index in [0.717, 1.165) is 28.7 Å². The third-order valence-electron chi connectivity index (χ3n) is 4.59. The summed E-state index contributed by atoms with van der Waals surface area (Å²) in [6.45, 7) is 5.75. The molecule has 1 amide bonds. The number of hydrogen-bond donors (Lipinski definition) is 1. The summed E-state index contributed by atoms with van der Waals surface area (Å²) in [5.41, 5.74) is 4.22. The maximum Gasteiger partial charge on any atom is 0.245 e. The van der Waals surface area contributed by atoms with Crippen LogP contribution >= 0.6 is 0 Å². The number of nitrogens with one attached hydrogen (secondary N) is 1. The van der Waals surface area contributed by atoms with E-state index in [0.29, 0.717) is 12.1 Å². The lowest BCUT2D eigenvalue weighted by molar-refractivity contribution is -0.136. The van der Waals surface area contributed by atoms with Crippen molar-refractivity contribution in [3.8, 4) is 0 Å². The maximum absolute atomic E-state index is 12.8. The maximum atomic E-state index is 12.8. The zero-order chi connectivity index (χ0) is 20.5. The van der Waals surface area contributed by atoms with E-state index in [4.69, 9.17) is 0 Å². The van der Waals surface area contributed by atoms with Gasteiger partial charge >= 0.3 is 0 Å². The first-order valence-electron chi connectivity index (χ1n) is 9.19. The molecule has 3 rings (SSSR count). The molecule has 0 saturated heterocycles. The number of hydrogen-bond acceptors (Lipinski definition) is 4. The summed E-state index contributed by atoms with van der Waals surface area (Å²) in [6, 6.07) is 15.0. The van der Waals surface area contributed by atoms with Crippen LogP contribution in [0.2, 0.25) is 0 Å². The van der Waals surface area contributed by atoms with Crippen molar-refractivity contribution in [3.63, 3.8) is 0 Å². The molecular weight excluding hydrogens is 374 g/mol. The van der Waals surface area contributed by atoms with Crippen LogP contribution < -0.4 is 4.72 Å². The van der Waals surface area contributed by atoms with Gasteiger partial charge in [0.2, 0.25) is 15.9 Å². The van der Waals surface area contributed by atoms with Crippen molar-refractivity contribution in [1.29, 1.82) is 0 Å². The number of benzene rings is 2. The molecule has 1 aliphatic heterocycles. The number of carbonyl (C=O) groups is 1. The number of sulfonamides is 1. The van der Waals surface area contributed by atoms with Crippen LogP contribution in [0.3, 0.4) is 0 Å². The SMILES string of the molecule is Cc1ccc([C@@H]2CC(c3cccc(NS(C)(=O)=O)c3)=NN2C(=O)C(C)C)cc1. The van der Waals surface area contributed by atoms with Gasteiger partial charge in [-0.05, 0) is 30.2 Å². The Kier molecular flexibility index (Phi) is 5.56. The average molecular weight is 400 g/mol. The summed E-state index contributed by atoms with van der Waals surface area (Å²) in [5.74, 6) is -0.208. The van der Waals surface area contributed by atoms with E-state index in [-0.39, 0.29) is 17.9 Å². The summed E-state index contributed by atoms with van der Waals surface area (Å²) in [4.78, 5) is 12.8. The van der Waals surface area contributed by atoms with Gasteiger partial charge in [-0.1, -0.05) is 55.8 Å². The fraction of sp³-hybridized carbons (Fsp3) is 0.333. The largest absolute Gasteiger partial charge is 0.284 e. The molecule has 0 unspecified atom stereocenters. The van der Waals surface area contributed by atoms with Gasteiger partial charge in [-0.25, -0.2) is 13.4 Å². The van der Waals surface area contributed by atoms with Crippen molar-refractivity contribution < 1.29 is 13.2 Å². The molecule has 0 bridgehead atoms. The molecule has 6 nitrogen and oxygen atoms in total. The molecule has 0 aliphatic carbocycles. The van der Waals surface area contributed by atoms with Crippen molar-refractivity contribution >= 4 is 27.3 Å². The fourth-order valence-electron chi connectivity index (χ4n) is 3.18. The number of aryl methyl sites for hydroxylation is 1. The second-order valence-corrected chi connectivity index (χ2v) is 9.22. The molecule has 1 atom stereocenters. The Morgan fingerprint density at radius 2 is 1.86 bits per heavy atom. The Morgan fingerprint density at radius 1 is 1.18 bits per heavy atom. The zero-order valence-electron chi connectivity index (χ0n) is 16.5. The van der Waals surface area contributed by atoms with Crippen molar-refractivity contribution in [2.45, 2.75) is 33.2 Å². The van der Waals surface area contributed by atoms with E-state index in [9.17, 15) is 13.2 Å². The average Bonchev–Trinajstić information content (AvgIpc) is 3.05. The van der Waals surface area contributed by atoms with Crippen LogP contribution in [-0.4, -0.2) is 31.3 Å². The lowest BCUT2D eigenvalue weighted by Crippen LogP contribution is -2.30. The van der Waals surface area contributed by atoms with Gasteiger partial charge in [0, 0.05) is 18.0 Å². The quantitative estimate of drug-likeness (QED) is 0.833. The molecule has 1 aliphatic rings. The summed E-state index contributed by atoms with van der Waals surface area (Å²) < 4.78 is 25.5. The number of anilines is 1. The van der Waals surface area contributed by atoms with Gasteiger partial charge in [-0.15, -0.1) is 0 Å². The van der Waals surface area contributed by atoms with Crippen LogP contribution in [0.1, 0.15) is 43.0 Å². The fourth-order valence-corrected chi connectivity index (χ4v) is 3.73. The van der Waals surface area contributed by atoms with E-state index in [1.165, 1.54) is 0 Å². The van der Waals surface area contributed by atoms with Gasteiger partial charge < -0.3 is 0 Å². The number of carbonyl (C=O) groups excluding carboxylic acids is 1. The lowest BCUT2D eigenvalue weighted by atomic mass is 9.97. The monoisotopic (exact) mass is 399 g/mol. The van der Waals surface area contributed by atoms with Crippen LogP contribution in [0.15, 0.2) is 53.6 Å². The molecular formula is C21H25N3O3S. The van der Waals surface area contributed by atoms with E-state index in [1.54, 1.807) is 23.2 Å². The molecule has 0 spiro atoms. The number of rotatable bonds is 5. The molecule has 2 aromatic carbocycles. The summed E-state index contributed by atoms with van der Waals surface area (Å²) in [7, 11) is -3.37. The summed E-state index contributed by atoms with van der Waals surface area (Å²) >= 11 is 0. The van der Waals surface area contributed by atoms with Gasteiger partial charge in [0.25, 0.3) is 0 Å². The molecule has 1 heterocycles. The van der Waals surface area contributed by atoms with Gasteiger partial charge in [0.1, 0.15) is 0 Å². The highest BCUT2D eigenvalue weighted by molar-refractivity contribution is 7.92. The Labute approximate surface area is 166 Å². The van der Waals surface area contributed by atoms with E-state index in [1.807, 2.05) is 51.1 Å². The molecule has 0 fully saturated rings. The number of nitrogens with zero attached hydrogens (tertiary/aromatic N) is 2. The normalized spacial score (nSPS) is 17.0. The van der Waals surface area contributed by atoms with Crippen LogP contribution in [0, 0.1) is 12.8 Å². The first-order chi connectivity index (χ1) is 13.1. The number of amides is 1. The van der Waals surface area contributed by atoms with Gasteiger partial charge in [0.05, 0.1) is 18.0 Å². The zero-order valence-corrected chi connectivity index (χ0v) is 17.3. The van der Waals surface area contributed by atoms with Gasteiger partial charge in [-0.2, -0.15) is 5.10 Å². The minimum atomic E-state index is -3.37. The minimum absolute atomic E-state index is 0.0361. The van der Waals surface area contributed by atoms with Crippen LogP contribution in [0.4, 0.5) is 5.69 Å². The predicted molar refractivity (Wildman–Crippen MR) is 112 cm³/mol. The van der Waals surface area contributed by atoms with E-state index in [2.05, 4.69) is 9.82 Å². The second kappa shape index (κ2) is 7.75. The predicted octanol–water partition coefficient (Wildman–Crippen LogP) is 3.70. The molecule has 0 aromatic heterocycles. The topological polar surface area (TPSA) is 78.8 Å². The van der Waals surface area contributed by atoms with Crippen LogP contribution in [-0.2, 0) is 14.8 Å². The molecule has 0 saturated carbocycles. The minimum Gasteiger partial charge on any atom is -0.284 e. The molecule has 7 heteroatoms. The van der Waals surface area contributed by atoms with E-state index < -0.39 is 10.0 Å². The highest BCUT2D eigenvalue weighted by Crippen LogP contribution is 2.34. The van der Waals surface area contributed by atoms with Gasteiger partial charge in [-0.3, -0.25) is 9.52 Å². The van der Waals surface area contributed by atoms with Crippen LogP contribution in [0.25, 0.3) is 0 Å². The molecule has 28 heavy (non-hydrogen) atoms. The first kappa shape index (κ1) is 20.1. The highest BCUT2D eigenvalue weighted by atomic mass is 32.2. The first-order valence-corrected chi connectivity index (χ1v) is 11.1. The van der Waals surface area contributed by atoms with E-state index >= 15 is 0 Å². The third kappa shape index (κ3) is 4.59. The second-order valence-electron chi connectivity index (χ2n) is 7.47. The summed E-state index contributed by atoms with van der Waals surface area (Å²) in [5, 5.41) is 6.19. The highest BCUT2D eigenvalue weighted by Gasteiger charge is 2.34.